The highest BCUT2D eigenvalue weighted by Gasteiger charge is 2.17. The second-order valence-electron chi connectivity index (χ2n) is 5.40. The molecule has 0 aliphatic rings. The Kier molecular flexibility index (Phi) is 6.72. The Morgan fingerprint density at radius 1 is 1.33 bits per heavy atom. The number of urea groups is 1. The molecule has 2 amide bonds. The quantitative estimate of drug-likeness (QED) is 0.811. The summed E-state index contributed by atoms with van der Waals surface area (Å²) in [5.41, 5.74) is 2.38. The molecule has 5 nitrogen and oxygen atoms in total. The van der Waals surface area contributed by atoms with Crippen molar-refractivity contribution in [2.75, 3.05) is 13.1 Å². The Hall–Kier alpha value is -2.04. The molecule has 0 atom stereocenters. The molecule has 0 unspecified atom stereocenters. The normalized spacial score (nSPS) is 10.5. The smallest absolute Gasteiger partial charge is 0.317 e. The maximum atomic E-state index is 12.1. The van der Waals surface area contributed by atoms with Crippen LogP contribution >= 0.6 is 0 Å². The van der Waals surface area contributed by atoms with Gasteiger partial charge in [-0.05, 0) is 32.8 Å². The van der Waals surface area contributed by atoms with E-state index in [-0.39, 0.29) is 25.0 Å². The summed E-state index contributed by atoms with van der Waals surface area (Å²) >= 11 is 0. The highest BCUT2D eigenvalue weighted by molar-refractivity contribution is 5.75. The van der Waals surface area contributed by atoms with E-state index in [1.165, 1.54) is 11.1 Å². The molecular formula is C16H24N2O3. The molecule has 1 rings (SSSR count). The maximum absolute atomic E-state index is 12.1. The van der Waals surface area contributed by atoms with E-state index in [1.54, 1.807) is 4.90 Å². The van der Waals surface area contributed by atoms with Crippen molar-refractivity contribution in [1.82, 2.24) is 10.2 Å². The zero-order chi connectivity index (χ0) is 15.8. The van der Waals surface area contributed by atoms with Gasteiger partial charge in [-0.2, -0.15) is 0 Å². The largest absolute Gasteiger partial charge is 0.481 e. The molecule has 1 aromatic carbocycles. The first kappa shape index (κ1) is 17.0. The summed E-state index contributed by atoms with van der Waals surface area (Å²) in [5.74, 6) is -0.895. The molecule has 0 spiro atoms. The molecule has 21 heavy (non-hydrogen) atoms. The van der Waals surface area contributed by atoms with E-state index in [4.69, 9.17) is 5.11 Å². The number of aryl methyl sites for hydroxylation is 1. The van der Waals surface area contributed by atoms with Crippen LogP contribution in [0, 0.1) is 6.92 Å². The van der Waals surface area contributed by atoms with Gasteiger partial charge in [-0.3, -0.25) is 4.79 Å². The number of amides is 2. The first-order chi connectivity index (χ1) is 9.90. The Morgan fingerprint density at radius 2 is 2.05 bits per heavy atom. The molecule has 1 aromatic rings. The van der Waals surface area contributed by atoms with Crippen molar-refractivity contribution in [1.29, 1.82) is 0 Å². The van der Waals surface area contributed by atoms with Gasteiger partial charge in [0.1, 0.15) is 0 Å². The van der Waals surface area contributed by atoms with Crippen LogP contribution in [0.2, 0.25) is 0 Å². The molecule has 0 saturated carbocycles. The molecule has 116 valence electrons. The van der Waals surface area contributed by atoms with Crippen LogP contribution in [0.5, 0.6) is 0 Å². The van der Waals surface area contributed by atoms with Crippen LogP contribution < -0.4 is 5.32 Å². The van der Waals surface area contributed by atoms with Gasteiger partial charge in [-0.25, -0.2) is 4.79 Å². The SMILES string of the molecule is Cc1cccc(CCNC(=O)N(CCC(=O)O)C(C)C)c1. The molecule has 2 N–H and O–H groups in total. The predicted octanol–water partition coefficient (Wildman–Crippen LogP) is 2.43. The highest BCUT2D eigenvalue weighted by Crippen LogP contribution is 2.05. The monoisotopic (exact) mass is 292 g/mol. The molecule has 0 fully saturated rings. The summed E-state index contributed by atoms with van der Waals surface area (Å²) in [4.78, 5) is 24.2. The average Bonchev–Trinajstić information content (AvgIpc) is 2.38. The van der Waals surface area contributed by atoms with Crippen molar-refractivity contribution in [2.24, 2.45) is 0 Å². The van der Waals surface area contributed by atoms with Gasteiger partial charge in [0.2, 0.25) is 0 Å². The fraction of sp³-hybridized carbons (Fsp3) is 0.500. The number of nitrogens with one attached hydrogen (secondary N) is 1. The van der Waals surface area contributed by atoms with Gasteiger partial charge >= 0.3 is 12.0 Å². The lowest BCUT2D eigenvalue weighted by Crippen LogP contribution is -2.45. The van der Waals surface area contributed by atoms with Gasteiger partial charge in [0.05, 0.1) is 6.42 Å². The fourth-order valence-corrected chi connectivity index (χ4v) is 2.09. The second-order valence-corrected chi connectivity index (χ2v) is 5.40. The standard InChI is InChI=1S/C16H24N2O3/c1-12(2)18(10-8-15(19)20)16(21)17-9-7-14-6-4-5-13(3)11-14/h4-6,11-12H,7-10H2,1-3H3,(H,17,21)(H,19,20). The van der Waals surface area contributed by atoms with Gasteiger partial charge in [0.15, 0.2) is 0 Å². The van der Waals surface area contributed by atoms with Gasteiger partial charge in [0.25, 0.3) is 0 Å². The number of benzene rings is 1. The Labute approximate surface area is 126 Å². The molecule has 5 heteroatoms. The van der Waals surface area contributed by atoms with E-state index < -0.39 is 5.97 Å². The zero-order valence-corrected chi connectivity index (χ0v) is 12.9. The number of hydrogen-bond acceptors (Lipinski definition) is 2. The molecule has 0 bridgehead atoms. The lowest BCUT2D eigenvalue weighted by molar-refractivity contribution is -0.137. The van der Waals surface area contributed by atoms with Crippen LogP contribution in [0.4, 0.5) is 4.79 Å². The van der Waals surface area contributed by atoms with Gasteiger partial charge in [0, 0.05) is 19.1 Å². The number of carboxylic acids is 1. The third-order valence-electron chi connectivity index (χ3n) is 3.22. The molecule has 0 radical (unpaired) electrons. The highest BCUT2D eigenvalue weighted by atomic mass is 16.4. The van der Waals surface area contributed by atoms with Gasteiger partial charge in [-0.15, -0.1) is 0 Å². The van der Waals surface area contributed by atoms with Crippen molar-refractivity contribution < 1.29 is 14.7 Å². The van der Waals surface area contributed by atoms with Gasteiger partial charge < -0.3 is 15.3 Å². The Bertz CT molecular complexity index is 486. The van der Waals surface area contributed by atoms with Crippen molar-refractivity contribution in [2.45, 2.75) is 39.7 Å². The average molecular weight is 292 g/mol. The number of rotatable bonds is 7. The lowest BCUT2D eigenvalue weighted by atomic mass is 10.1. The number of carboxylic acid groups (broad SMARTS) is 1. The number of nitrogens with zero attached hydrogens (tertiary/aromatic N) is 1. The summed E-state index contributed by atoms with van der Waals surface area (Å²) < 4.78 is 0. The minimum atomic E-state index is -0.895. The third kappa shape index (κ3) is 6.29. The molecule has 0 aliphatic carbocycles. The number of aliphatic carboxylic acids is 1. The third-order valence-corrected chi connectivity index (χ3v) is 3.22. The lowest BCUT2D eigenvalue weighted by Gasteiger charge is -2.26. The van der Waals surface area contributed by atoms with Crippen LogP contribution in [0.1, 0.15) is 31.4 Å². The number of hydrogen-bond donors (Lipinski definition) is 2. The van der Waals surface area contributed by atoms with E-state index in [0.717, 1.165) is 6.42 Å². The van der Waals surface area contributed by atoms with E-state index in [2.05, 4.69) is 11.4 Å². The van der Waals surface area contributed by atoms with Crippen molar-refractivity contribution >= 4 is 12.0 Å². The first-order valence-corrected chi connectivity index (χ1v) is 7.22. The number of carbonyl (C=O) groups excluding carboxylic acids is 1. The summed E-state index contributed by atoms with van der Waals surface area (Å²) in [5, 5.41) is 11.6. The van der Waals surface area contributed by atoms with E-state index in [0.29, 0.717) is 6.54 Å². The molecule has 0 aromatic heterocycles. The number of carbonyl (C=O) groups is 2. The van der Waals surface area contributed by atoms with E-state index in [1.807, 2.05) is 39.0 Å². The second kappa shape index (κ2) is 8.29. The molecular weight excluding hydrogens is 268 g/mol. The molecule has 0 saturated heterocycles. The first-order valence-electron chi connectivity index (χ1n) is 7.22. The summed E-state index contributed by atoms with van der Waals surface area (Å²) in [7, 11) is 0. The minimum Gasteiger partial charge on any atom is -0.481 e. The van der Waals surface area contributed by atoms with Crippen LogP contribution in [0.25, 0.3) is 0 Å². The van der Waals surface area contributed by atoms with Crippen LogP contribution in [0.15, 0.2) is 24.3 Å². The zero-order valence-electron chi connectivity index (χ0n) is 12.9. The van der Waals surface area contributed by atoms with Gasteiger partial charge in [-0.1, -0.05) is 29.8 Å². The maximum Gasteiger partial charge on any atom is 0.317 e. The minimum absolute atomic E-state index is 0.0247. The van der Waals surface area contributed by atoms with Crippen LogP contribution in [-0.2, 0) is 11.2 Å². The summed E-state index contributed by atoms with van der Waals surface area (Å²) in [6, 6.07) is 7.93. The van der Waals surface area contributed by atoms with E-state index in [9.17, 15) is 9.59 Å². The van der Waals surface area contributed by atoms with Crippen molar-refractivity contribution in [3.05, 3.63) is 35.4 Å². The Balaban J connectivity index is 2.44. The molecule has 0 heterocycles. The van der Waals surface area contributed by atoms with E-state index >= 15 is 0 Å². The Morgan fingerprint density at radius 3 is 2.62 bits per heavy atom. The van der Waals surface area contributed by atoms with Crippen molar-refractivity contribution in [3.63, 3.8) is 0 Å². The topological polar surface area (TPSA) is 69.6 Å². The predicted molar refractivity (Wildman–Crippen MR) is 82.4 cm³/mol. The fourth-order valence-electron chi connectivity index (χ4n) is 2.09. The summed E-state index contributed by atoms with van der Waals surface area (Å²) in [6.45, 7) is 6.56. The van der Waals surface area contributed by atoms with Crippen LogP contribution in [0.3, 0.4) is 0 Å². The molecule has 0 aliphatic heterocycles. The van der Waals surface area contributed by atoms with Crippen molar-refractivity contribution in [3.8, 4) is 0 Å². The van der Waals surface area contributed by atoms with Crippen LogP contribution in [-0.4, -0.2) is 41.1 Å². The summed E-state index contributed by atoms with van der Waals surface area (Å²) in [6.07, 6.45) is 0.724.